The zero-order valence-corrected chi connectivity index (χ0v) is 7.69. The van der Waals surface area contributed by atoms with E-state index >= 15 is 0 Å². The molecule has 0 aliphatic carbocycles. The van der Waals surface area contributed by atoms with E-state index in [1.54, 1.807) is 0 Å². The van der Waals surface area contributed by atoms with Gasteiger partial charge in [-0.25, -0.2) is 23.2 Å². The molecule has 1 heterocycles. The standard InChI is InChI=1S/C6H7F2N3O2.Li.H/c1-3(4(7)8)11-5(6(12)13)9-2-10-11;;/h2-4H,1H3,(H,12,13);;/q;+1;-1. The number of hydrogen-bond donors (Lipinski definition) is 1. The molecule has 0 radical (unpaired) electrons. The number of aromatic nitrogens is 3. The van der Waals surface area contributed by atoms with Crippen LogP contribution in [0, 0.1) is 0 Å². The monoisotopic (exact) mass is 199 g/mol. The van der Waals surface area contributed by atoms with E-state index in [1.165, 1.54) is 6.92 Å². The Hall–Kier alpha value is -0.933. The Bertz CT molecular complexity index is 323. The number of halogens is 2. The fourth-order valence-corrected chi connectivity index (χ4v) is 0.808. The summed E-state index contributed by atoms with van der Waals surface area (Å²) in [5.41, 5.74) is 0. The summed E-state index contributed by atoms with van der Waals surface area (Å²) in [4.78, 5) is 13.8. The molecule has 0 saturated carbocycles. The van der Waals surface area contributed by atoms with E-state index < -0.39 is 24.3 Å². The molecule has 1 aromatic rings. The largest absolute Gasteiger partial charge is 1.00 e. The van der Waals surface area contributed by atoms with Crippen molar-refractivity contribution in [2.45, 2.75) is 19.4 Å². The number of hydrogen-bond acceptors (Lipinski definition) is 3. The first-order valence-electron chi connectivity index (χ1n) is 3.45. The van der Waals surface area contributed by atoms with E-state index in [1.807, 2.05) is 0 Å². The topological polar surface area (TPSA) is 68.0 Å². The van der Waals surface area contributed by atoms with Crippen molar-refractivity contribution in [3.8, 4) is 0 Å². The van der Waals surface area contributed by atoms with Crippen LogP contribution < -0.4 is 18.9 Å². The molecule has 5 nitrogen and oxygen atoms in total. The van der Waals surface area contributed by atoms with E-state index in [0.29, 0.717) is 4.68 Å². The van der Waals surface area contributed by atoms with Crippen molar-refractivity contribution in [2.75, 3.05) is 0 Å². The molecule has 14 heavy (non-hydrogen) atoms. The van der Waals surface area contributed by atoms with Crippen molar-refractivity contribution in [3.05, 3.63) is 12.2 Å². The number of aromatic carboxylic acids is 1. The molecule has 1 aromatic heterocycles. The second-order valence-corrected chi connectivity index (χ2v) is 2.41. The van der Waals surface area contributed by atoms with Crippen LogP contribution in [0.15, 0.2) is 6.33 Å². The van der Waals surface area contributed by atoms with Crippen molar-refractivity contribution in [2.24, 2.45) is 0 Å². The molecule has 1 rings (SSSR count). The summed E-state index contributed by atoms with van der Waals surface area (Å²) in [6, 6.07) is -1.28. The number of rotatable bonds is 3. The zero-order chi connectivity index (χ0) is 10.0. The molecule has 0 bridgehead atoms. The first-order valence-corrected chi connectivity index (χ1v) is 3.45. The van der Waals surface area contributed by atoms with Gasteiger partial charge < -0.3 is 6.53 Å². The van der Waals surface area contributed by atoms with E-state index in [4.69, 9.17) is 5.11 Å². The van der Waals surface area contributed by atoms with Gasteiger partial charge in [0.2, 0.25) is 5.82 Å². The number of carbonyl (C=O) groups is 1. The average molecular weight is 199 g/mol. The maximum Gasteiger partial charge on any atom is 1.00 e. The van der Waals surface area contributed by atoms with Gasteiger partial charge in [0.1, 0.15) is 12.4 Å². The molecule has 0 saturated heterocycles. The molecule has 0 aliphatic heterocycles. The van der Waals surface area contributed by atoms with Crippen LogP contribution in [0.2, 0.25) is 0 Å². The van der Waals surface area contributed by atoms with Gasteiger partial charge in [-0.3, -0.25) is 0 Å². The Morgan fingerprint density at radius 1 is 1.71 bits per heavy atom. The number of carboxylic acids is 1. The Morgan fingerprint density at radius 2 is 2.29 bits per heavy atom. The second-order valence-electron chi connectivity index (χ2n) is 2.41. The first-order chi connectivity index (χ1) is 6.04. The van der Waals surface area contributed by atoms with Crippen molar-refractivity contribution in [3.63, 3.8) is 0 Å². The van der Waals surface area contributed by atoms with Crippen molar-refractivity contribution in [1.29, 1.82) is 0 Å². The van der Waals surface area contributed by atoms with E-state index in [-0.39, 0.29) is 20.3 Å². The minimum Gasteiger partial charge on any atom is -1.00 e. The van der Waals surface area contributed by atoms with E-state index in [2.05, 4.69) is 10.1 Å². The summed E-state index contributed by atoms with van der Waals surface area (Å²) in [5.74, 6) is -1.85. The van der Waals surface area contributed by atoms with Gasteiger partial charge in [-0.15, -0.1) is 0 Å². The fourth-order valence-electron chi connectivity index (χ4n) is 0.808. The van der Waals surface area contributed by atoms with Crippen LogP contribution in [0.3, 0.4) is 0 Å². The Labute approximate surface area is 91.8 Å². The van der Waals surface area contributed by atoms with Gasteiger partial charge in [-0.05, 0) is 6.92 Å². The van der Waals surface area contributed by atoms with Crippen molar-refractivity contribution in [1.82, 2.24) is 14.8 Å². The van der Waals surface area contributed by atoms with Gasteiger partial charge in [0.05, 0.1) is 0 Å². The predicted octanol–water partition coefficient (Wildman–Crippen LogP) is -2.08. The molecule has 1 N–H and O–H groups in total. The summed E-state index contributed by atoms with van der Waals surface area (Å²) in [7, 11) is 0. The molecular formula is C6H8F2LiN3O2. The molecule has 74 valence electrons. The quantitative estimate of drug-likeness (QED) is 0.567. The Kier molecular flexibility index (Phi) is 4.74. The van der Waals surface area contributed by atoms with Crippen LogP contribution in [0.25, 0.3) is 0 Å². The van der Waals surface area contributed by atoms with Crippen molar-refractivity contribution >= 4 is 5.97 Å². The summed E-state index contributed by atoms with van der Waals surface area (Å²) in [6.45, 7) is 1.17. The van der Waals surface area contributed by atoms with Gasteiger partial charge in [0.15, 0.2) is 0 Å². The average Bonchev–Trinajstić information content (AvgIpc) is 2.50. The maximum atomic E-state index is 12.2. The minimum absolute atomic E-state index is 0. The third kappa shape index (κ3) is 2.53. The van der Waals surface area contributed by atoms with Crippen LogP contribution in [0.1, 0.15) is 25.0 Å². The first kappa shape index (κ1) is 13.1. The third-order valence-corrected chi connectivity index (χ3v) is 1.51. The molecule has 0 aliphatic rings. The van der Waals surface area contributed by atoms with Crippen LogP contribution in [-0.4, -0.2) is 32.3 Å². The number of nitrogens with zero attached hydrogens (tertiary/aromatic N) is 3. The minimum atomic E-state index is -2.67. The van der Waals surface area contributed by atoms with Crippen molar-refractivity contribution < 1.29 is 39.0 Å². The SMILES string of the molecule is CC(C(F)F)n1ncnc1C(=O)O.[H-].[Li+]. The molecule has 1 unspecified atom stereocenters. The molecular weight excluding hydrogens is 191 g/mol. The zero-order valence-electron chi connectivity index (χ0n) is 8.69. The van der Waals surface area contributed by atoms with Crippen LogP contribution in [0.4, 0.5) is 8.78 Å². The van der Waals surface area contributed by atoms with Crippen LogP contribution in [0.5, 0.6) is 0 Å². The third-order valence-electron chi connectivity index (χ3n) is 1.51. The molecule has 0 amide bonds. The van der Waals surface area contributed by atoms with Gasteiger partial charge in [0.25, 0.3) is 6.43 Å². The van der Waals surface area contributed by atoms with E-state index in [9.17, 15) is 13.6 Å². The smallest absolute Gasteiger partial charge is 1.00 e. The van der Waals surface area contributed by atoms with Gasteiger partial charge >= 0.3 is 24.8 Å². The fraction of sp³-hybridized carbons (Fsp3) is 0.500. The predicted molar refractivity (Wildman–Crippen MR) is 38.8 cm³/mol. The van der Waals surface area contributed by atoms with Gasteiger partial charge in [-0.1, -0.05) is 0 Å². The van der Waals surface area contributed by atoms with Gasteiger partial charge in [-0.2, -0.15) is 5.10 Å². The summed E-state index contributed by atoms with van der Waals surface area (Å²) < 4.78 is 25.0. The van der Waals surface area contributed by atoms with Crippen LogP contribution in [-0.2, 0) is 0 Å². The molecule has 0 aromatic carbocycles. The molecule has 8 heteroatoms. The van der Waals surface area contributed by atoms with E-state index in [0.717, 1.165) is 6.33 Å². The molecule has 0 fully saturated rings. The number of alkyl halides is 2. The summed E-state index contributed by atoms with van der Waals surface area (Å²) in [5, 5.41) is 11.9. The van der Waals surface area contributed by atoms with Crippen LogP contribution >= 0.6 is 0 Å². The Balaban J connectivity index is 0. The normalized spacial score (nSPS) is 12.3. The summed E-state index contributed by atoms with van der Waals surface area (Å²) >= 11 is 0. The Morgan fingerprint density at radius 3 is 2.71 bits per heavy atom. The summed E-state index contributed by atoms with van der Waals surface area (Å²) in [6.07, 6.45) is -1.73. The second kappa shape index (κ2) is 5.07. The maximum absolute atomic E-state index is 12.2. The molecule has 0 spiro atoms. The number of carboxylic acid groups (broad SMARTS) is 1. The molecule has 1 atom stereocenters. The van der Waals surface area contributed by atoms with Gasteiger partial charge in [0, 0.05) is 0 Å².